The third-order valence-electron chi connectivity index (χ3n) is 3.83. The second-order valence-corrected chi connectivity index (χ2v) is 6.09. The maximum Gasteiger partial charge on any atom is 0.303 e. The molecule has 1 rings (SSSR count). The van der Waals surface area contributed by atoms with E-state index in [-0.39, 0.29) is 6.42 Å². The standard InChI is InChI=1S/C22H32O3/c1-2-3-4-5-11-14-17-20-21(25-20)18-15-12-9-7-6-8-10-13-16-19-22(23)24/h3-4,6-7,10-15,20-21H,2,5,8-9,16-19H2,1H3,(H,23,24)/b4-3-,7-6-,13-10-,14-11-,15-12-. The van der Waals surface area contributed by atoms with Crippen molar-refractivity contribution in [1.82, 2.24) is 0 Å². The molecule has 1 saturated heterocycles. The Morgan fingerprint density at radius 1 is 0.800 bits per heavy atom. The first-order valence-corrected chi connectivity index (χ1v) is 9.36. The second-order valence-electron chi connectivity index (χ2n) is 6.09. The van der Waals surface area contributed by atoms with Crippen LogP contribution in [-0.4, -0.2) is 23.3 Å². The molecule has 1 aliphatic heterocycles. The minimum atomic E-state index is -0.743. The van der Waals surface area contributed by atoms with Gasteiger partial charge in [-0.05, 0) is 44.9 Å². The van der Waals surface area contributed by atoms with Crippen LogP contribution in [0.2, 0.25) is 0 Å². The van der Waals surface area contributed by atoms with Crippen LogP contribution in [-0.2, 0) is 9.53 Å². The predicted octanol–water partition coefficient (Wildman–Crippen LogP) is 5.76. The maximum absolute atomic E-state index is 10.3. The molecule has 3 nitrogen and oxygen atoms in total. The van der Waals surface area contributed by atoms with Gasteiger partial charge in [0.15, 0.2) is 0 Å². The van der Waals surface area contributed by atoms with Gasteiger partial charge < -0.3 is 9.84 Å². The van der Waals surface area contributed by atoms with E-state index in [9.17, 15) is 4.79 Å². The number of aliphatic carboxylic acids is 1. The molecule has 2 unspecified atom stereocenters. The molecule has 1 aliphatic rings. The highest BCUT2D eigenvalue weighted by atomic mass is 16.6. The Bertz CT molecular complexity index is 497. The van der Waals surface area contributed by atoms with Crippen LogP contribution in [0.15, 0.2) is 60.8 Å². The highest BCUT2D eigenvalue weighted by Crippen LogP contribution is 2.29. The minimum absolute atomic E-state index is 0.207. The van der Waals surface area contributed by atoms with Crippen LogP contribution in [0.5, 0.6) is 0 Å². The summed E-state index contributed by atoms with van der Waals surface area (Å²) >= 11 is 0. The quantitative estimate of drug-likeness (QED) is 0.322. The Kier molecular flexibility index (Phi) is 12.3. The number of epoxide rings is 1. The van der Waals surface area contributed by atoms with Gasteiger partial charge in [0.05, 0.1) is 12.2 Å². The average molecular weight is 344 g/mol. The summed E-state index contributed by atoms with van der Waals surface area (Å²) in [6.45, 7) is 2.15. The molecule has 0 spiro atoms. The summed E-state index contributed by atoms with van der Waals surface area (Å²) in [5.41, 5.74) is 0. The SMILES string of the molecule is CC/C=C\C/C=C\CC1OC1C/C=C\C/C=C\C/C=C\CCC(=O)O. The van der Waals surface area contributed by atoms with Crippen LogP contribution in [0.1, 0.15) is 58.3 Å². The molecule has 25 heavy (non-hydrogen) atoms. The summed E-state index contributed by atoms with van der Waals surface area (Å²) in [5, 5.41) is 8.51. The summed E-state index contributed by atoms with van der Waals surface area (Å²) in [7, 11) is 0. The van der Waals surface area contributed by atoms with Gasteiger partial charge in [-0.1, -0.05) is 67.7 Å². The van der Waals surface area contributed by atoms with Crippen molar-refractivity contribution in [3.8, 4) is 0 Å². The lowest BCUT2D eigenvalue weighted by molar-refractivity contribution is -0.136. The smallest absolute Gasteiger partial charge is 0.303 e. The molecule has 1 N–H and O–H groups in total. The molecular formula is C22H32O3. The van der Waals surface area contributed by atoms with Gasteiger partial charge >= 0.3 is 5.97 Å². The molecule has 0 aromatic carbocycles. The molecule has 0 bridgehead atoms. The number of ether oxygens (including phenoxy) is 1. The fourth-order valence-electron chi connectivity index (χ4n) is 2.36. The first-order chi connectivity index (χ1) is 12.2. The Morgan fingerprint density at radius 3 is 1.80 bits per heavy atom. The highest BCUT2D eigenvalue weighted by Gasteiger charge is 2.35. The normalized spacial score (nSPS) is 20.8. The van der Waals surface area contributed by atoms with Gasteiger partial charge in [-0.15, -0.1) is 0 Å². The van der Waals surface area contributed by atoms with Gasteiger partial charge in [-0.3, -0.25) is 4.79 Å². The number of allylic oxidation sites excluding steroid dienone is 8. The molecule has 1 fully saturated rings. The van der Waals surface area contributed by atoms with E-state index in [1.165, 1.54) is 0 Å². The lowest BCUT2D eigenvalue weighted by atomic mass is 10.1. The van der Waals surface area contributed by atoms with E-state index in [2.05, 4.69) is 55.5 Å². The number of carboxylic acid groups (broad SMARTS) is 1. The molecule has 0 aliphatic carbocycles. The van der Waals surface area contributed by atoms with Gasteiger partial charge in [0, 0.05) is 6.42 Å². The van der Waals surface area contributed by atoms with Crippen LogP contribution in [0.25, 0.3) is 0 Å². The molecule has 0 amide bonds. The van der Waals surface area contributed by atoms with E-state index >= 15 is 0 Å². The third kappa shape index (κ3) is 13.1. The molecule has 0 aromatic heterocycles. The van der Waals surface area contributed by atoms with E-state index in [1.807, 2.05) is 12.2 Å². The summed E-state index contributed by atoms with van der Waals surface area (Å²) in [6, 6.07) is 0. The molecule has 138 valence electrons. The van der Waals surface area contributed by atoms with Crippen molar-refractivity contribution in [2.24, 2.45) is 0 Å². The summed E-state index contributed by atoms with van der Waals surface area (Å²) in [4.78, 5) is 10.3. The van der Waals surface area contributed by atoms with Crippen molar-refractivity contribution in [3.05, 3.63) is 60.8 Å². The third-order valence-corrected chi connectivity index (χ3v) is 3.83. The number of carbonyl (C=O) groups is 1. The molecule has 1 heterocycles. The van der Waals surface area contributed by atoms with Gasteiger partial charge in [-0.25, -0.2) is 0 Å². The molecule has 0 saturated carbocycles. The lowest BCUT2D eigenvalue weighted by Crippen LogP contribution is -1.91. The van der Waals surface area contributed by atoms with Crippen molar-refractivity contribution in [3.63, 3.8) is 0 Å². The van der Waals surface area contributed by atoms with E-state index in [0.29, 0.717) is 18.6 Å². The molecule has 3 heteroatoms. The van der Waals surface area contributed by atoms with Crippen molar-refractivity contribution in [2.45, 2.75) is 70.5 Å². The first-order valence-electron chi connectivity index (χ1n) is 9.36. The van der Waals surface area contributed by atoms with E-state index in [1.54, 1.807) is 0 Å². The largest absolute Gasteiger partial charge is 0.481 e. The molecule has 0 aromatic rings. The van der Waals surface area contributed by atoms with Crippen molar-refractivity contribution >= 4 is 5.97 Å². The van der Waals surface area contributed by atoms with Gasteiger partial charge in [0.25, 0.3) is 0 Å². The van der Waals surface area contributed by atoms with E-state index in [4.69, 9.17) is 9.84 Å². The summed E-state index contributed by atoms with van der Waals surface area (Å²) in [6.07, 6.45) is 28.9. The molecule has 0 radical (unpaired) electrons. The van der Waals surface area contributed by atoms with Crippen LogP contribution in [0.3, 0.4) is 0 Å². The van der Waals surface area contributed by atoms with Crippen LogP contribution >= 0.6 is 0 Å². The van der Waals surface area contributed by atoms with Crippen LogP contribution in [0.4, 0.5) is 0 Å². The highest BCUT2D eigenvalue weighted by molar-refractivity contribution is 5.66. The topological polar surface area (TPSA) is 49.8 Å². The van der Waals surface area contributed by atoms with Crippen molar-refractivity contribution < 1.29 is 14.6 Å². The monoisotopic (exact) mass is 344 g/mol. The van der Waals surface area contributed by atoms with Gasteiger partial charge in [-0.2, -0.15) is 0 Å². The average Bonchev–Trinajstić information content (AvgIpc) is 3.34. The molecular weight excluding hydrogens is 312 g/mol. The number of carboxylic acids is 1. The lowest BCUT2D eigenvalue weighted by Gasteiger charge is -1.88. The zero-order chi connectivity index (χ0) is 18.2. The summed E-state index contributed by atoms with van der Waals surface area (Å²) < 4.78 is 5.65. The fourth-order valence-corrected chi connectivity index (χ4v) is 2.36. The zero-order valence-corrected chi connectivity index (χ0v) is 15.3. The van der Waals surface area contributed by atoms with Crippen LogP contribution in [0, 0.1) is 0 Å². The van der Waals surface area contributed by atoms with E-state index in [0.717, 1.165) is 38.5 Å². The Labute approximate surface area is 152 Å². The number of rotatable bonds is 14. The van der Waals surface area contributed by atoms with Gasteiger partial charge in [0.1, 0.15) is 0 Å². The minimum Gasteiger partial charge on any atom is -0.481 e. The van der Waals surface area contributed by atoms with E-state index < -0.39 is 5.97 Å². The second kappa shape index (κ2) is 14.5. The Balaban J connectivity index is 1.96. The maximum atomic E-state index is 10.3. The van der Waals surface area contributed by atoms with Crippen molar-refractivity contribution in [2.75, 3.05) is 0 Å². The van der Waals surface area contributed by atoms with Crippen molar-refractivity contribution in [1.29, 1.82) is 0 Å². The molecule has 2 atom stereocenters. The predicted molar refractivity (Wildman–Crippen MR) is 105 cm³/mol. The summed E-state index contributed by atoms with van der Waals surface area (Å²) in [5.74, 6) is -0.743. The zero-order valence-electron chi connectivity index (χ0n) is 15.3. The fraction of sp³-hybridized carbons (Fsp3) is 0.500. The number of hydrogen-bond donors (Lipinski definition) is 1. The Hall–Kier alpha value is -1.87. The Morgan fingerprint density at radius 2 is 1.28 bits per heavy atom. The first kappa shape index (κ1) is 21.2. The van der Waals surface area contributed by atoms with Crippen LogP contribution < -0.4 is 0 Å². The number of hydrogen-bond acceptors (Lipinski definition) is 2. The van der Waals surface area contributed by atoms with Gasteiger partial charge in [0.2, 0.25) is 0 Å².